The minimum absolute atomic E-state index is 0.0887. The van der Waals surface area contributed by atoms with Gasteiger partial charge in [0.1, 0.15) is 0 Å². The Balaban J connectivity index is 2.27. The summed E-state index contributed by atoms with van der Waals surface area (Å²) in [5.74, 6) is -0.285. The van der Waals surface area contributed by atoms with E-state index < -0.39 is 5.97 Å². The number of likely N-dealkylation sites (tertiary alicyclic amines) is 1. The first kappa shape index (κ1) is 16.5. The van der Waals surface area contributed by atoms with Crippen LogP contribution >= 0.6 is 0 Å². The van der Waals surface area contributed by atoms with E-state index in [1.807, 2.05) is 18.0 Å². The Kier molecular flexibility index (Phi) is 7.12. The van der Waals surface area contributed by atoms with Gasteiger partial charge in [0.25, 0.3) is 0 Å². The van der Waals surface area contributed by atoms with Gasteiger partial charge in [-0.15, -0.1) is 6.58 Å². The van der Waals surface area contributed by atoms with Crippen LogP contribution in [0.25, 0.3) is 0 Å². The van der Waals surface area contributed by atoms with Gasteiger partial charge in [-0.1, -0.05) is 6.08 Å². The SMILES string of the molecule is C=CCCCN(C)C(=O)N1CCC(CCC(=O)O)CC1. The zero-order valence-electron chi connectivity index (χ0n) is 12.4. The number of carboxylic acids is 1. The zero-order valence-corrected chi connectivity index (χ0v) is 12.4. The second-order valence-electron chi connectivity index (χ2n) is 5.50. The summed E-state index contributed by atoms with van der Waals surface area (Å²) in [5, 5.41) is 8.68. The summed E-state index contributed by atoms with van der Waals surface area (Å²) in [6.45, 7) is 5.92. The van der Waals surface area contributed by atoms with Crippen LogP contribution in [0.2, 0.25) is 0 Å². The molecule has 20 heavy (non-hydrogen) atoms. The predicted molar refractivity (Wildman–Crippen MR) is 78.6 cm³/mol. The van der Waals surface area contributed by atoms with Crippen LogP contribution in [0.4, 0.5) is 4.79 Å². The lowest BCUT2D eigenvalue weighted by Crippen LogP contribution is -2.45. The number of nitrogens with zero attached hydrogens (tertiary/aromatic N) is 2. The Bertz CT molecular complexity index is 336. The summed E-state index contributed by atoms with van der Waals surface area (Å²) in [4.78, 5) is 26.4. The zero-order chi connectivity index (χ0) is 15.0. The Labute approximate surface area is 121 Å². The second-order valence-corrected chi connectivity index (χ2v) is 5.50. The van der Waals surface area contributed by atoms with Gasteiger partial charge in [-0.2, -0.15) is 0 Å². The molecule has 0 radical (unpaired) electrons. The normalized spacial score (nSPS) is 15.9. The number of hydrogen-bond donors (Lipinski definition) is 1. The lowest BCUT2D eigenvalue weighted by molar-refractivity contribution is -0.137. The molecule has 0 aliphatic carbocycles. The summed E-state index contributed by atoms with van der Waals surface area (Å²) in [6, 6.07) is 0.0887. The molecular weight excluding hydrogens is 256 g/mol. The predicted octanol–water partition coefficient (Wildman–Crippen LogP) is 2.58. The molecule has 1 aliphatic heterocycles. The Hall–Kier alpha value is -1.52. The van der Waals surface area contributed by atoms with Crippen LogP contribution in [0, 0.1) is 5.92 Å². The number of amides is 2. The van der Waals surface area contributed by atoms with Crippen molar-refractivity contribution in [2.75, 3.05) is 26.7 Å². The van der Waals surface area contributed by atoms with Crippen molar-refractivity contribution in [2.45, 2.75) is 38.5 Å². The third kappa shape index (κ3) is 5.63. The van der Waals surface area contributed by atoms with E-state index in [4.69, 9.17) is 5.11 Å². The molecule has 1 aliphatic rings. The second kappa shape index (κ2) is 8.61. The molecule has 1 rings (SSSR count). The highest BCUT2D eigenvalue weighted by molar-refractivity contribution is 5.74. The lowest BCUT2D eigenvalue weighted by atomic mass is 9.92. The van der Waals surface area contributed by atoms with Crippen molar-refractivity contribution in [3.63, 3.8) is 0 Å². The van der Waals surface area contributed by atoms with Gasteiger partial charge in [-0.05, 0) is 38.0 Å². The Morgan fingerprint density at radius 1 is 1.40 bits per heavy atom. The highest BCUT2D eigenvalue weighted by Crippen LogP contribution is 2.22. The molecule has 1 saturated heterocycles. The maximum absolute atomic E-state index is 12.2. The van der Waals surface area contributed by atoms with Crippen LogP contribution in [0.5, 0.6) is 0 Å². The van der Waals surface area contributed by atoms with Crippen LogP contribution < -0.4 is 0 Å². The molecule has 2 amide bonds. The van der Waals surface area contributed by atoms with E-state index in [-0.39, 0.29) is 12.5 Å². The molecule has 1 heterocycles. The molecule has 5 heteroatoms. The van der Waals surface area contributed by atoms with Crippen molar-refractivity contribution >= 4 is 12.0 Å². The van der Waals surface area contributed by atoms with Gasteiger partial charge in [-0.3, -0.25) is 4.79 Å². The first-order valence-corrected chi connectivity index (χ1v) is 7.37. The Morgan fingerprint density at radius 2 is 2.05 bits per heavy atom. The number of hydrogen-bond acceptors (Lipinski definition) is 2. The molecule has 0 spiro atoms. The van der Waals surface area contributed by atoms with E-state index in [9.17, 15) is 9.59 Å². The van der Waals surface area contributed by atoms with Crippen molar-refractivity contribution in [1.29, 1.82) is 0 Å². The van der Waals surface area contributed by atoms with Crippen molar-refractivity contribution < 1.29 is 14.7 Å². The summed E-state index contributed by atoms with van der Waals surface area (Å²) < 4.78 is 0. The van der Waals surface area contributed by atoms with Gasteiger partial charge in [-0.25, -0.2) is 4.79 Å². The third-order valence-electron chi connectivity index (χ3n) is 3.88. The molecule has 0 aromatic rings. The summed E-state index contributed by atoms with van der Waals surface area (Å²) in [6.07, 6.45) is 6.54. The summed E-state index contributed by atoms with van der Waals surface area (Å²) >= 11 is 0. The highest BCUT2D eigenvalue weighted by atomic mass is 16.4. The first-order valence-electron chi connectivity index (χ1n) is 7.37. The monoisotopic (exact) mass is 282 g/mol. The third-order valence-corrected chi connectivity index (χ3v) is 3.88. The van der Waals surface area contributed by atoms with Crippen LogP contribution in [0.3, 0.4) is 0 Å². The minimum Gasteiger partial charge on any atom is -0.481 e. The number of carboxylic acid groups (broad SMARTS) is 1. The molecule has 0 atom stereocenters. The molecule has 1 N–H and O–H groups in total. The van der Waals surface area contributed by atoms with Crippen LogP contribution in [0.15, 0.2) is 12.7 Å². The summed E-state index contributed by atoms with van der Waals surface area (Å²) in [5.41, 5.74) is 0. The molecule has 114 valence electrons. The molecule has 0 aromatic carbocycles. The van der Waals surface area contributed by atoms with Crippen LogP contribution in [-0.4, -0.2) is 53.6 Å². The largest absolute Gasteiger partial charge is 0.481 e. The fraction of sp³-hybridized carbons (Fsp3) is 0.733. The fourth-order valence-electron chi connectivity index (χ4n) is 2.55. The maximum Gasteiger partial charge on any atom is 0.319 e. The number of unbranched alkanes of at least 4 members (excludes halogenated alkanes) is 1. The molecule has 5 nitrogen and oxygen atoms in total. The van der Waals surface area contributed by atoms with E-state index in [2.05, 4.69) is 6.58 Å². The van der Waals surface area contributed by atoms with Gasteiger partial charge in [0, 0.05) is 33.1 Å². The smallest absolute Gasteiger partial charge is 0.319 e. The van der Waals surface area contributed by atoms with Gasteiger partial charge >= 0.3 is 12.0 Å². The van der Waals surface area contributed by atoms with Gasteiger partial charge in [0.15, 0.2) is 0 Å². The first-order chi connectivity index (χ1) is 9.54. The van der Waals surface area contributed by atoms with Gasteiger partial charge in [0.2, 0.25) is 0 Å². The van der Waals surface area contributed by atoms with Gasteiger partial charge in [0.05, 0.1) is 0 Å². The number of allylic oxidation sites excluding steroid dienone is 1. The lowest BCUT2D eigenvalue weighted by Gasteiger charge is -2.34. The number of carbonyl (C=O) groups is 2. The summed E-state index contributed by atoms with van der Waals surface area (Å²) in [7, 11) is 1.84. The van der Waals surface area contributed by atoms with E-state index in [0.717, 1.165) is 51.7 Å². The standard InChI is InChI=1S/C15H26N2O3/c1-3-4-5-10-16(2)15(20)17-11-8-13(9-12-17)6-7-14(18)19/h3,13H,1,4-12H2,2H3,(H,18,19). The van der Waals surface area contributed by atoms with Crippen LogP contribution in [-0.2, 0) is 4.79 Å². The number of urea groups is 1. The number of aliphatic carboxylic acids is 1. The molecule has 1 fully saturated rings. The maximum atomic E-state index is 12.2. The van der Waals surface area contributed by atoms with Gasteiger partial charge < -0.3 is 14.9 Å². The Morgan fingerprint density at radius 3 is 2.60 bits per heavy atom. The number of carbonyl (C=O) groups excluding carboxylic acids is 1. The van der Waals surface area contributed by atoms with E-state index >= 15 is 0 Å². The van der Waals surface area contributed by atoms with Crippen molar-refractivity contribution in [1.82, 2.24) is 9.80 Å². The number of rotatable bonds is 7. The molecular formula is C15H26N2O3. The quantitative estimate of drug-likeness (QED) is 0.576. The molecule has 0 bridgehead atoms. The van der Waals surface area contributed by atoms with Crippen molar-refractivity contribution in [3.05, 3.63) is 12.7 Å². The topological polar surface area (TPSA) is 60.9 Å². The average molecular weight is 282 g/mol. The molecule has 0 unspecified atom stereocenters. The molecule has 0 aromatic heterocycles. The minimum atomic E-state index is -0.731. The van der Waals surface area contributed by atoms with Crippen LogP contribution in [0.1, 0.15) is 38.5 Å². The van der Waals surface area contributed by atoms with E-state index in [1.54, 1.807) is 4.90 Å². The molecule has 0 saturated carbocycles. The number of piperidine rings is 1. The highest BCUT2D eigenvalue weighted by Gasteiger charge is 2.24. The van der Waals surface area contributed by atoms with E-state index in [0.29, 0.717) is 5.92 Å². The van der Waals surface area contributed by atoms with E-state index in [1.165, 1.54) is 0 Å². The van der Waals surface area contributed by atoms with Crippen molar-refractivity contribution in [3.8, 4) is 0 Å². The van der Waals surface area contributed by atoms with Crippen molar-refractivity contribution in [2.24, 2.45) is 5.92 Å². The average Bonchev–Trinajstić information content (AvgIpc) is 2.45. The fourth-order valence-corrected chi connectivity index (χ4v) is 2.55.